The normalized spacial score (nSPS) is 33.9. The molecule has 7 N–H and O–H groups in total. The molecule has 1 saturated carbocycles. The van der Waals surface area contributed by atoms with Gasteiger partial charge in [0.05, 0.1) is 26.4 Å². The van der Waals surface area contributed by atoms with E-state index in [-0.39, 0.29) is 51.6 Å². The summed E-state index contributed by atoms with van der Waals surface area (Å²) in [6, 6.07) is 6.32. The van der Waals surface area contributed by atoms with Gasteiger partial charge >= 0.3 is 5.97 Å². The first-order chi connectivity index (χ1) is 28.0. The molecule has 0 radical (unpaired) electrons. The van der Waals surface area contributed by atoms with Crippen LogP contribution in [-0.2, 0) is 49.5 Å². The maximum atomic E-state index is 14.5. The smallest absolute Gasteiger partial charge is 0.327 e. The lowest BCUT2D eigenvalue weighted by Crippen LogP contribution is -2.69. The summed E-state index contributed by atoms with van der Waals surface area (Å²) in [5.41, 5.74) is 0.116. The number of nitrogens with zero attached hydrogens (tertiary/aromatic N) is 1. The summed E-state index contributed by atoms with van der Waals surface area (Å²) in [5.74, 6) is -2.28. The molecule has 58 heavy (non-hydrogen) atoms. The third-order valence-corrected chi connectivity index (χ3v) is 11.9. The highest BCUT2D eigenvalue weighted by atomic mass is 16.8. The Morgan fingerprint density at radius 1 is 0.966 bits per heavy atom. The van der Waals surface area contributed by atoms with Crippen LogP contribution in [0.4, 0.5) is 0 Å². The van der Waals surface area contributed by atoms with Gasteiger partial charge in [-0.15, -0.1) is 0 Å². The summed E-state index contributed by atoms with van der Waals surface area (Å²) in [6.45, 7) is 3.70. The van der Waals surface area contributed by atoms with Gasteiger partial charge < -0.3 is 59.9 Å². The molecule has 1 aliphatic carbocycles. The van der Waals surface area contributed by atoms with Crippen LogP contribution in [0, 0.1) is 5.41 Å². The van der Waals surface area contributed by atoms with Gasteiger partial charge in [0.1, 0.15) is 54.2 Å². The van der Waals surface area contributed by atoms with E-state index in [9.17, 15) is 34.8 Å². The minimum atomic E-state index is -1.55. The first kappa shape index (κ1) is 44.5. The van der Waals surface area contributed by atoms with Crippen molar-refractivity contribution in [3.8, 4) is 0 Å². The van der Waals surface area contributed by atoms with Gasteiger partial charge in [-0.3, -0.25) is 19.2 Å². The second kappa shape index (κ2) is 20.0. The number of unbranched alkanes of at least 4 members (excludes halogenated alkanes) is 4. The Morgan fingerprint density at radius 3 is 2.41 bits per heavy atom. The van der Waals surface area contributed by atoms with Crippen LogP contribution >= 0.6 is 0 Å². The number of benzene rings is 1. The maximum Gasteiger partial charge on any atom is 0.327 e. The van der Waals surface area contributed by atoms with Crippen molar-refractivity contribution < 1.29 is 68.4 Å². The summed E-state index contributed by atoms with van der Waals surface area (Å²) < 4.78 is 30.9. The zero-order valence-corrected chi connectivity index (χ0v) is 33.4. The Balaban J connectivity index is 1.21. The van der Waals surface area contributed by atoms with E-state index in [1.165, 1.54) is 5.06 Å². The molecular formula is C41H61N3O14. The minimum absolute atomic E-state index is 0.00883. The molecule has 2 bridgehead atoms. The number of aliphatic hydroxyl groups excluding tert-OH is 5. The standard InChI is InChI=1S/C41H61N3O14/c1-3-5-7-15-40(16-8-6-4-2)56-33-27-22-41(39(52)43-17-14-29(47)42-18-19-45)35(37(51)54-27)44(58-36(41)34(33)57-40)23-26-12-9-11-25(21-26)13-10-20-53-38-32(50)31(49)30(48)28(24-46)55-38/h9-13,21,27-28,30-36,38,45-46,48-50H,3-8,14-20,22-24H2,1-2H3,(H,42,47)(H,43,52)/t27-,28-,30+,31+,32-,33+,34+,35+,36-,38+,41+/m1/s1. The molecule has 4 heterocycles. The molecule has 1 aromatic rings. The topological polar surface area (TPSA) is 235 Å². The zero-order chi connectivity index (χ0) is 41.5. The number of amides is 2. The highest BCUT2D eigenvalue weighted by Gasteiger charge is 2.76. The Morgan fingerprint density at radius 2 is 1.71 bits per heavy atom. The van der Waals surface area contributed by atoms with E-state index in [1.54, 1.807) is 12.2 Å². The van der Waals surface area contributed by atoms with Gasteiger partial charge in [0, 0.05) is 38.8 Å². The molecule has 6 rings (SSSR count). The molecule has 4 aliphatic heterocycles. The number of carbonyl (C=O) groups excluding carboxylic acids is 3. The number of fused-ring (bicyclic) bond motifs is 4. The predicted octanol–water partition coefficient (Wildman–Crippen LogP) is 0.572. The first-order valence-electron chi connectivity index (χ1n) is 20.8. The van der Waals surface area contributed by atoms with Crippen LogP contribution in [0.25, 0.3) is 6.08 Å². The number of aliphatic hydroxyl groups is 5. The monoisotopic (exact) mass is 819 g/mol. The molecule has 17 nitrogen and oxygen atoms in total. The average Bonchev–Trinajstić information content (AvgIpc) is 3.77. The van der Waals surface area contributed by atoms with E-state index in [2.05, 4.69) is 24.5 Å². The van der Waals surface area contributed by atoms with Crippen LogP contribution < -0.4 is 10.6 Å². The van der Waals surface area contributed by atoms with E-state index in [1.807, 2.05) is 24.3 Å². The number of hydrogen-bond acceptors (Lipinski definition) is 15. The third-order valence-electron chi connectivity index (χ3n) is 11.9. The summed E-state index contributed by atoms with van der Waals surface area (Å²) in [4.78, 5) is 47.7. The molecule has 2 amide bonds. The van der Waals surface area contributed by atoms with Gasteiger partial charge in [-0.2, -0.15) is 5.06 Å². The second-order valence-corrected chi connectivity index (χ2v) is 16.0. The predicted molar refractivity (Wildman–Crippen MR) is 205 cm³/mol. The molecule has 0 unspecified atom stereocenters. The van der Waals surface area contributed by atoms with Crippen molar-refractivity contribution in [3.05, 3.63) is 41.5 Å². The maximum absolute atomic E-state index is 14.5. The molecule has 11 atom stereocenters. The van der Waals surface area contributed by atoms with E-state index in [0.717, 1.165) is 49.7 Å². The number of esters is 1. The Hall–Kier alpha value is -3.07. The highest BCUT2D eigenvalue weighted by molar-refractivity contribution is 5.94. The first-order valence-corrected chi connectivity index (χ1v) is 20.8. The van der Waals surface area contributed by atoms with Crippen LogP contribution in [0.15, 0.2) is 30.3 Å². The molecular weight excluding hydrogens is 758 g/mol. The summed E-state index contributed by atoms with van der Waals surface area (Å²) in [7, 11) is 0. The van der Waals surface area contributed by atoms with Gasteiger partial charge in [0.25, 0.3) is 0 Å². The molecule has 0 aromatic heterocycles. The van der Waals surface area contributed by atoms with E-state index < -0.39 is 90.8 Å². The molecule has 5 aliphatic rings. The van der Waals surface area contributed by atoms with Crippen LogP contribution in [0.2, 0.25) is 0 Å². The van der Waals surface area contributed by atoms with Crippen LogP contribution in [0.1, 0.15) is 89.2 Å². The van der Waals surface area contributed by atoms with Gasteiger partial charge in [-0.05, 0) is 24.0 Å². The fourth-order valence-electron chi connectivity index (χ4n) is 8.95. The van der Waals surface area contributed by atoms with E-state index in [0.29, 0.717) is 12.8 Å². The van der Waals surface area contributed by atoms with Crippen molar-refractivity contribution in [1.82, 2.24) is 15.7 Å². The molecule has 324 valence electrons. The summed E-state index contributed by atoms with van der Waals surface area (Å²) >= 11 is 0. The van der Waals surface area contributed by atoms with Gasteiger partial charge in [0.2, 0.25) is 11.8 Å². The van der Waals surface area contributed by atoms with Crippen molar-refractivity contribution >= 4 is 23.9 Å². The lowest BCUT2D eigenvalue weighted by Gasteiger charge is -2.48. The fraction of sp³-hybridized carbons (Fsp3) is 0.732. The Labute approximate surface area is 338 Å². The van der Waals surface area contributed by atoms with Gasteiger partial charge in [-0.1, -0.05) is 75.9 Å². The molecule has 4 saturated heterocycles. The van der Waals surface area contributed by atoms with E-state index in [4.69, 9.17) is 33.6 Å². The van der Waals surface area contributed by atoms with Crippen LogP contribution in [0.5, 0.6) is 0 Å². The SMILES string of the molecule is CCCCCC1(CCCCC)O[C@@H]2[C@H](O1)[C@H]1ON(Cc3cccc(C=CCO[C@H]4O[C@H](CO)[C@H](O)[C@H](O)[C@H]4O)c3)[C@H]3C(=O)O[C@@H]2C[C@@]13C(=O)NCCC(=O)NCCO. The van der Waals surface area contributed by atoms with Crippen molar-refractivity contribution in [2.24, 2.45) is 5.41 Å². The summed E-state index contributed by atoms with van der Waals surface area (Å²) in [6.07, 6.45) is 0.842. The average molecular weight is 820 g/mol. The quantitative estimate of drug-likeness (QED) is 0.0664. The van der Waals surface area contributed by atoms with Crippen LogP contribution in [-0.4, -0.2) is 148 Å². The lowest BCUT2D eigenvalue weighted by atomic mass is 9.62. The number of rotatable bonds is 21. The van der Waals surface area contributed by atoms with Crippen molar-refractivity contribution in [3.63, 3.8) is 0 Å². The Kier molecular flexibility index (Phi) is 15.3. The number of carbonyl (C=O) groups is 3. The highest BCUT2D eigenvalue weighted by Crippen LogP contribution is 2.58. The lowest BCUT2D eigenvalue weighted by molar-refractivity contribution is -0.298. The van der Waals surface area contributed by atoms with Gasteiger partial charge in [-0.25, -0.2) is 0 Å². The number of hydrogen-bond donors (Lipinski definition) is 7. The molecule has 17 heteroatoms. The van der Waals surface area contributed by atoms with Crippen molar-refractivity contribution in [2.75, 3.05) is 32.9 Å². The zero-order valence-electron chi connectivity index (χ0n) is 33.4. The number of ether oxygens (including phenoxy) is 5. The molecule has 1 aromatic carbocycles. The van der Waals surface area contributed by atoms with Gasteiger partial charge in [0.15, 0.2) is 18.1 Å². The van der Waals surface area contributed by atoms with Crippen molar-refractivity contribution in [1.29, 1.82) is 0 Å². The summed E-state index contributed by atoms with van der Waals surface area (Å²) in [5, 5.41) is 55.9. The number of hydroxylamine groups is 2. The van der Waals surface area contributed by atoms with Crippen molar-refractivity contribution in [2.45, 2.75) is 152 Å². The molecule has 0 spiro atoms. The fourth-order valence-corrected chi connectivity index (χ4v) is 8.95. The largest absolute Gasteiger partial charge is 0.458 e. The minimum Gasteiger partial charge on any atom is -0.458 e. The third kappa shape index (κ3) is 9.45. The van der Waals surface area contributed by atoms with E-state index >= 15 is 0 Å². The molecule has 5 fully saturated rings. The van der Waals surface area contributed by atoms with Crippen LogP contribution in [0.3, 0.4) is 0 Å². The Bertz CT molecular complexity index is 1570. The second-order valence-electron chi connectivity index (χ2n) is 16.0. The number of nitrogens with one attached hydrogen (secondary N) is 2.